The number of halogens is 4. The summed E-state index contributed by atoms with van der Waals surface area (Å²) in [5, 5.41) is 10.4. The van der Waals surface area contributed by atoms with Gasteiger partial charge in [0, 0.05) is 5.02 Å². The minimum absolute atomic E-state index is 0.0170. The first-order valence-electron chi connectivity index (χ1n) is 6.44. The van der Waals surface area contributed by atoms with Gasteiger partial charge in [-0.25, -0.2) is 0 Å². The molecule has 0 saturated heterocycles. The zero-order valence-electron chi connectivity index (χ0n) is 11.7. The molecule has 21 heavy (non-hydrogen) atoms. The Morgan fingerprint density at radius 2 is 1.86 bits per heavy atom. The summed E-state index contributed by atoms with van der Waals surface area (Å²) in [7, 11) is 0. The van der Waals surface area contributed by atoms with Crippen LogP contribution in [0.3, 0.4) is 0 Å². The smallest absolute Gasteiger partial charge is 0.323 e. The van der Waals surface area contributed by atoms with Gasteiger partial charge < -0.3 is 10.8 Å². The third-order valence-corrected chi connectivity index (χ3v) is 5.12. The van der Waals surface area contributed by atoms with Gasteiger partial charge in [-0.1, -0.05) is 59.7 Å². The first kappa shape index (κ1) is 18.9. The van der Waals surface area contributed by atoms with Crippen molar-refractivity contribution in [1.29, 1.82) is 0 Å². The lowest BCUT2D eigenvalue weighted by Crippen LogP contribution is -2.46. The molecule has 3 nitrogen and oxygen atoms in total. The highest BCUT2D eigenvalue weighted by Crippen LogP contribution is 2.39. The van der Waals surface area contributed by atoms with Gasteiger partial charge in [0.25, 0.3) is 0 Å². The van der Waals surface area contributed by atoms with Crippen LogP contribution in [0.1, 0.15) is 32.3 Å². The van der Waals surface area contributed by atoms with Crippen molar-refractivity contribution in [3.05, 3.63) is 31.7 Å². The number of benzene rings is 1. The summed E-state index contributed by atoms with van der Waals surface area (Å²) < 4.78 is 0. The SMILES string of the molecule is CCC(Cc1c(Cl)cc(Cl)c(Cl)c1Cl)CC(C)(N)C(=O)O. The minimum atomic E-state index is -1.30. The van der Waals surface area contributed by atoms with E-state index in [-0.39, 0.29) is 16.0 Å². The number of carboxylic acids is 1. The van der Waals surface area contributed by atoms with Crippen molar-refractivity contribution in [1.82, 2.24) is 0 Å². The fourth-order valence-corrected chi connectivity index (χ4v) is 3.21. The van der Waals surface area contributed by atoms with Gasteiger partial charge in [0.15, 0.2) is 0 Å². The lowest BCUT2D eigenvalue weighted by molar-refractivity contribution is -0.143. The van der Waals surface area contributed by atoms with E-state index in [0.717, 1.165) is 6.42 Å². The zero-order valence-corrected chi connectivity index (χ0v) is 14.7. The summed E-state index contributed by atoms with van der Waals surface area (Å²) in [5.74, 6) is -1.02. The number of aliphatic carboxylic acids is 1. The molecule has 2 atom stereocenters. The Morgan fingerprint density at radius 1 is 1.29 bits per heavy atom. The molecule has 0 aliphatic carbocycles. The summed E-state index contributed by atoms with van der Waals surface area (Å²) >= 11 is 24.3. The molecule has 0 radical (unpaired) electrons. The Labute approximate surface area is 144 Å². The van der Waals surface area contributed by atoms with Gasteiger partial charge in [0.2, 0.25) is 0 Å². The van der Waals surface area contributed by atoms with Crippen molar-refractivity contribution >= 4 is 52.4 Å². The predicted octanol–water partition coefficient (Wildman–Crippen LogP) is 5.06. The van der Waals surface area contributed by atoms with E-state index in [2.05, 4.69) is 0 Å². The van der Waals surface area contributed by atoms with E-state index in [1.807, 2.05) is 6.92 Å². The van der Waals surface area contributed by atoms with Crippen LogP contribution >= 0.6 is 46.4 Å². The molecule has 0 aromatic heterocycles. The molecule has 1 aromatic carbocycles. The van der Waals surface area contributed by atoms with Gasteiger partial charge in [-0.15, -0.1) is 0 Å². The van der Waals surface area contributed by atoms with Gasteiger partial charge in [0.1, 0.15) is 5.54 Å². The normalized spacial score (nSPS) is 15.6. The van der Waals surface area contributed by atoms with E-state index in [4.69, 9.17) is 57.2 Å². The maximum Gasteiger partial charge on any atom is 0.323 e. The molecule has 1 aromatic rings. The second-order valence-corrected chi connectivity index (χ2v) is 6.92. The van der Waals surface area contributed by atoms with Crippen molar-refractivity contribution in [2.24, 2.45) is 11.7 Å². The molecule has 0 aliphatic heterocycles. The fraction of sp³-hybridized carbons (Fsp3) is 0.500. The molecule has 0 bridgehead atoms. The second-order valence-electron chi connectivity index (χ2n) is 5.35. The van der Waals surface area contributed by atoms with Crippen LogP contribution < -0.4 is 5.73 Å². The highest BCUT2D eigenvalue weighted by Gasteiger charge is 2.31. The average molecular weight is 373 g/mol. The number of rotatable bonds is 6. The van der Waals surface area contributed by atoms with Crippen LogP contribution in [0.5, 0.6) is 0 Å². The van der Waals surface area contributed by atoms with Crippen LogP contribution in [0.25, 0.3) is 0 Å². The number of carboxylic acid groups (broad SMARTS) is 1. The lowest BCUT2D eigenvalue weighted by atomic mass is 9.84. The van der Waals surface area contributed by atoms with Crippen molar-refractivity contribution in [3.63, 3.8) is 0 Å². The molecule has 7 heteroatoms. The third-order valence-electron chi connectivity index (χ3n) is 3.48. The van der Waals surface area contributed by atoms with Crippen LogP contribution in [0.15, 0.2) is 6.07 Å². The van der Waals surface area contributed by atoms with Crippen molar-refractivity contribution in [3.8, 4) is 0 Å². The standard InChI is InChI=1S/C14H17Cl4NO2/c1-3-7(6-14(2,19)13(20)21)4-8-9(15)5-10(16)12(18)11(8)17/h5,7H,3-4,6,19H2,1-2H3,(H,20,21). The maximum atomic E-state index is 11.1. The molecule has 0 aliphatic rings. The number of carbonyl (C=O) groups is 1. The van der Waals surface area contributed by atoms with Gasteiger partial charge in [-0.3, -0.25) is 4.79 Å². The van der Waals surface area contributed by atoms with E-state index >= 15 is 0 Å². The van der Waals surface area contributed by atoms with Crippen LogP contribution in [0, 0.1) is 5.92 Å². The van der Waals surface area contributed by atoms with E-state index in [1.165, 1.54) is 13.0 Å². The van der Waals surface area contributed by atoms with Crippen LogP contribution in [0.4, 0.5) is 0 Å². The maximum absolute atomic E-state index is 11.1. The molecule has 3 N–H and O–H groups in total. The Morgan fingerprint density at radius 3 is 2.33 bits per heavy atom. The number of nitrogens with two attached hydrogens (primary N) is 1. The van der Waals surface area contributed by atoms with Gasteiger partial charge in [-0.2, -0.15) is 0 Å². The quantitative estimate of drug-likeness (QED) is 0.541. The molecule has 2 unspecified atom stereocenters. The first-order valence-corrected chi connectivity index (χ1v) is 7.95. The third kappa shape index (κ3) is 4.64. The topological polar surface area (TPSA) is 63.3 Å². The molecular weight excluding hydrogens is 356 g/mol. The molecule has 0 fully saturated rings. The summed E-state index contributed by atoms with van der Waals surface area (Å²) in [4.78, 5) is 11.1. The van der Waals surface area contributed by atoms with Crippen molar-refractivity contribution in [2.75, 3.05) is 0 Å². The molecular formula is C14H17Cl4NO2. The lowest BCUT2D eigenvalue weighted by Gasteiger charge is -2.26. The molecule has 0 heterocycles. The van der Waals surface area contributed by atoms with E-state index in [0.29, 0.717) is 28.5 Å². The number of hydrogen-bond acceptors (Lipinski definition) is 2. The Balaban J connectivity index is 3.03. The minimum Gasteiger partial charge on any atom is -0.480 e. The molecule has 0 saturated carbocycles. The van der Waals surface area contributed by atoms with Crippen molar-refractivity contribution < 1.29 is 9.90 Å². The van der Waals surface area contributed by atoms with Gasteiger partial charge in [0.05, 0.1) is 15.1 Å². The Bertz CT molecular complexity index is 546. The van der Waals surface area contributed by atoms with Gasteiger partial charge >= 0.3 is 5.97 Å². The molecule has 118 valence electrons. The predicted molar refractivity (Wildman–Crippen MR) is 88.8 cm³/mol. The summed E-state index contributed by atoms with van der Waals surface area (Å²) in [6.45, 7) is 3.46. The van der Waals surface area contributed by atoms with Crippen molar-refractivity contribution in [2.45, 2.75) is 38.6 Å². The van der Waals surface area contributed by atoms with Crippen LogP contribution in [0.2, 0.25) is 20.1 Å². The Kier molecular flexibility index (Phi) is 6.63. The fourth-order valence-electron chi connectivity index (χ4n) is 2.13. The molecule has 0 amide bonds. The summed E-state index contributed by atoms with van der Waals surface area (Å²) in [6, 6.07) is 1.54. The van der Waals surface area contributed by atoms with E-state index < -0.39 is 11.5 Å². The number of hydrogen-bond donors (Lipinski definition) is 2. The van der Waals surface area contributed by atoms with E-state index in [9.17, 15) is 4.79 Å². The highest BCUT2D eigenvalue weighted by atomic mass is 35.5. The van der Waals surface area contributed by atoms with Gasteiger partial charge in [-0.05, 0) is 37.3 Å². The second kappa shape index (κ2) is 7.38. The van der Waals surface area contributed by atoms with Crippen LogP contribution in [-0.4, -0.2) is 16.6 Å². The monoisotopic (exact) mass is 371 g/mol. The van der Waals surface area contributed by atoms with Crippen LogP contribution in [-0.2, 0) is 11.2 Å². The van der Waals surface area contributed by atoms with E-state index in [1.54, 1.807) is 0 Å². The highest BCUT2D eigenvalue weighted by molar-refractivity contribution is 6.49. The largest absolute Gasteiger partial charge is 0.480 e. The summed E-state index contributed by atoms with van der Waals surface area (Å²) in [6.07, 6.45) is 1.55. The Hall–Kier alpha value is -0.190. The average Bonchev–Trinajstić information content (AvgIpc) is 2.39. The first-order chi connectivity index (χ1) is 9.60. The molecule has 1 rings (SSSR count). The summed E-state index contributed by atoms with van der Waals surface area (Å²) in [5.41, 5.74) is 5.18. The molecule has 0 spiro atoms. The zero-order chi connectivity index (χ0) is 16.4.